The molecule has 0 spiro atoms. The highest BCUT2D eigenvalue weighted by Crippen LogP contribution is 2.32. The lowest BCUT2D eigenvalue weighted by molar-refractivity contribution is 0.267. The van der Waals surface area contributed by atoms with Crippen LogP contribution in [-0.4, -0.2) is 47.0 Å². The zero-order valence-corrected chi connectivity index (χ0v) is 15.4. The number of nitrogens with one attached hydrogen (secondary N) is 2. The Labute approximate surface area is 153 Å². The molecule has 0 amide bonds. The molecule has 0 aliphatic carbocycles. The van der Waals surface area contributed by atoms with Gasteiger partial charge in [0.1, 0.15) is 17.4 Å². The van der Waals surface area contributed by atoms with E-state index in [9.17, 15) is 0 Å². The van der Waals surface area contributed by atoms with Crippen molar-refractivity contribution in [1.29, 1.82) is 0 Å². The van der Waals surface area contributed by atoms with Gasteiger partial charge < -0.3 is 15.4 Å². The fraction of sp³-hybridized carbons (Fsp3) is 0.526. The van der Waals surface area contributed by atoms with Crippen molar-refractivity contribution >= 4 is 5.96 Å². The highest BCUT2D eigenvalue weighted by Gasteiger charge is 2.23. The van der Waals surface area contributed by atoms with Crippen LogP contribution in [0.5, 0.6) is 5.75 Å². The van der Waals surface area contributed by atoms with Crippen molar-refractivity contribution in [3.63, 3.8) is 0 Å². The molecule has 3 heterocycles. The minimum absolute atomic E-state index is 0.316. The summed E-state index contributed by atoms with van der Waals surface area (Å²) in [6.45, 7) is 4.39. The fourth-order valence-electron chi connectivity index (χ4n) is 3.79. The number of para-hydroxylation sites is 1. The van der Waals surface area contributed by atoms with Gasteiger partial charge in [0.15, 0.2) is 5.96 Å². The van der Waals surface area contributed by atoms with Gasteiger partial charge in [-0.1, -0.05) is 18.2 Å². The van der Waals surface area contributed by atoms with E-state index in [-0.39, 0.29) is 0 Å². The molecule has 0 saturated carbocycles. The van der Waals surface area contributed by atoms with E-state index in [1.54, 1.807) is 0 Å². The number of guanidine groups is 1. The monoisotopic (exact) mass is 354 g/mol. The lowest BCUT2D eigenvalue weighted by Crippen LogP contribution is -2.48. The number of hydrogen-bond acceptors (Lipinski definition) is 4. The average molecular weight is 354 g/mol. The quantitative estimate of drug-likeness (QED) is 0.647. The number of aromatic nitrogens is 3. The summed E-state index contributed by atoms with van der Waals surface area (Å²) in [7, 11) is 1.82. The number of fused-ring (bicyclic) bond motifs is 2. The maximum atomic E-state index is 5.75. The first kappa shape index (κ1) is 16.9. The molecule has 26 heavy (non-hydrogen) atoms. The summed E-state index contributed by atoms with van der Waals surface area (Å²) in [5.74, 6) is 4.23. The summed E-state index contributed by atoms with van der Waals surface area (Å²) in [5.41, 5.74) is 1.28. The minimum Gasteiger partial charge on any atom is -0.493 e. The number of aliphatic imine (C=N–C) groups is 1. The smallest absolute Gasteiger partial charge is 0.191 e. The topological polar surface area (TPSA) is 76.4 Å². The van der Waals surface area contributed by atoms with Crippen LogP contribution in [0.3, 0.4) is 0 Å². The average Bonchev–Trinajstić information content (AvgIpc) is 3.04. The first-order chi connectivity index (χ1) is 12.7. The fourth-order valence-corrected chi connectivity index (χ4v) is 3.79. The molecule has 2 aliphatic heterocycles. The molecule has 2 unspecified atom stereocenters. The van der Waals surface area contributed by atoms with E-state index in [0.717, 1.165) is 62.3 Å². The van der Waals surface area contributed by atoms with Crippen LogP contribution in [0.2, 0.25) is 0 Å². The number of hydrogen-bond donors (Lipinski definition) is 2. The van der Waals surface area contributed by atoms with Crippen molar-refractivity contribution in [3.05, 3.63) is 41.5 Å². The van der Waals surface area contributed by atoms with Crippen molar-refractivity contribution in [3.8, 4) is 5.75 Å². The van der Waals surface area contributed by atoms with Gasteiger partial charge in [-0.15, -0.1) is 0 Å². The van der Waals surface area contributed by atoms with Crippen LogP contribution in [0, 0.1) is 6.92 Å². The molecule has 2 N–H and O–H groups in total. The molecule has 0 saturated heterocycles. The second-order valence-corrected chi connectivity index (χ2v) is 6.96. The van der Waals surface area contributed by atoms with Crippen LogP contribution < -0.4 is 15.4 Å². The molecule has 0 fully saturated rings. The number of ether oxygens (including phenoxy) is 1. The van der Waals surface area contributed by atoms with Crippen molar-refractivity contribution in [2.24, 2.45) is 4.99 Å². The SMILES string of the molecule is CN=C(NCC1CCOc2ccccc21)NC1CCc2nc(C)nn2C1. The van der Waals surface area contributed by atoms with E-state index >= 15 is 0 Å². The molecule has 138 valence electrons. The lowest BCUT2D eigenvalue weighted by Gasteiger charge is -2.28. The summed E-state index contributed by atoms with van der Waals surface area (Å²) >= 11 is 0. The van der Waals surface area contributed by atoms with Gasteiger partial charge in [-0.2, -0.15) is 5.10 Å². The summed E-state index contributed by atoms with van der Waals surface area (Å²) in [6.07, 6.45) is 3.01. The van der Waals surface area contributed by atoms with Gasteiger partial charge >= 0.3 is 0 Å². The summed E-state index contributed by atoms with van der Waals surface area (Å²) in [6, 6.07) is 8.63. The first-order valence-corrected chi connectivity index (χ1v) is 9.32. The normalized spacial score (nSPS) is 22.2. The van der Waals surface area contributed by atoms with Gasteiger partial charge in [-0.25, -0.2) is 9.67 Å². The highest BCUT2D eigenvalue weighted by molar-refractivity contribution is 5.80. The van der Waals surface area contributed by atoms with Gasteiger partial charge in [-0.05, 0) is 31.4 Å². The van der Waals surface area contributed by atoms with Gasteiger partial charge in [0.2, 0.25) is 0 Å². The third-order valence-electron chi connectivity index (χ3n) is 5.13. The molecular formula is C19H26N6O. The molecule has 1 aromatic heterocycles. The minimum atomic E-state index is 0.316. The van der Waals surface area contributed by atoms with Gasteiger partial charge in [-0.3, -0.25) is 4.99 Å². The number of nitrogens with zero attached hydrogens (tertiary/aromatic N) is 4. The second kappa shape index (κ2) is 7.35. The van der Waals surface area contributed by atoms with Gasteiger partial charge in [0.05, 0.1) is 13.2 Å². The third kappa shape index (κ3) is 3.52. The molecule has 7 nitrogen and oxygen atoms in total. The van der Waals surface area contributed by atoms with Crippen LogP contribution in [0.1, 0.15) is 36.0 Å². The lowest BCUT2D eigenvalue weighted by atomic mass is 9.93. The van der Waals surface area contributed by atoms with Crippen molar-refractivity contribution < 1.29 is 4.74 Å². The predicted octanol–water partition coefficient (Wildman–Crippen LogP) is 1.63. The van der Waals surface area contributed by atoms with E-state index in [0.29, 0.717) is 12.0 Å². The first-order valence-electron chi connectivity index (χ1n) is 9.32. The Morgan fingerprint density at radius 2 is 2.23 bits per heavy atom. The summed E-state index contributed by atoms with van der Waals surface area (Å²) < 4.78 is 7.77. The van der Waals surface area contributed by atoms with E-state index in [4.69, 9.17) is 4.74 Å². The molecule has 2 aliphatic rings. The van der Waals surface area contributed by atoms with Gasteiger partial charge in [0.25, 0.3) is 0 Å². The van der Waals surface area contributed by atoms with Crippen molar-refractivity contribution in [2.75, 3.05) is 20.2 Å². The van der Waals surface area contributed by atoms with E-state index in [1.807, 2.05) is 30.8 Å². The summed E-state index contributed by atoms with van der Waals surface area (Å²) in [4.78, 5) is 8.87. The Hall–Kier alpha value is -2.57. The zero-order chi connectivity index (χ0) is 17.9. The van der Waals surface area contributed by atoms with E-state index in [1.165, 1.54) is 5.56 Å². The van der Waals surface area contributed by atoms with Crippen LogP contribution in [0.25, 0.3) is 0 Å². The maximum absolute atomic E-state index is 5.75. The molecule has 0 bridgehead atoms. The molecule has 2 aromatic rings. The van der Waals surface area contributed by atoms with Crippen LogP contribution >= 0.6 is 0 Å². The summed E-state index contributed by atoms with van der Waals surface area (Å²) in [5, 5.41) is 11.5. The standard InChI is InChI=1S/C19H26N6O/c1-13-22-18-8-7-15(12-25(18)24-13)23-19(20-2)21-11-14-9-10-26-17-6-4-3-5-16(14)17/h3-6,14-15H,7-12H2,1-2H3,(H2,20,21,23). The van der Waals surface area contributed by atoms with Crippen LogP contribution in [0.15, 0.2) is 29.3 Å². The Bertz CT molecular complexity index is 799. The third-order valence-corrected chi connectivity index (χ3v) is 5.13. The number of aryl methyl sites for hydroxylation is 2. The van der Waals surface area contributed by atoms with Crippen molar-refractivity contribution in [1.82, 2.24) is 25.4 Å². The number of benzene rings is 1. The molecule has 2 atom stereocenters. The van der Waals surface area contributed by atoms with Crippen molar-refractivity contribution in [2.45, 2.75) is 44.7 Å². The molecular weight excluding hydrogens is 328 g/mol. The zero-order valence-electron chi connectivity index (χ0n) is 15.4. The van der Waals surface area contributed by atoms with Gasteiger partial charge in [0, 0.05) is 32.0 Å². The molecule has 7 heteroatoms. The number of rotatable bonds is 3. The van der Waals surface area contributed by atoms with E-state index < -0.39 is 0 Å². The van der Waals surface area contributed by atoms with Crippen LogP contribution in [-0.2, 0) is 13.0 Å². The largest absolute Gasteiger partial charge is 0.493 e. The Kier molecular flexibility index (Phi) is 4.77. The Morgan fingerprint density at radius 3 is 3.12 bits per heavy atom. The molecule has 1 aromatic carbocycles. The van der Waals surface area contributed by atoms with E-state index in [2.05, 4.69) is 37.8 Å². The molecule has 4 rings (SSSR count). The maximum Gasteiger partial charge on any atom is 0.191 e. The highest BCUT2D eigenvalue weighted by atomic mass is 16.5. The van der Waals surface area contributed by atoms with Crippen LogP contribution in [0.4, 0.5) is 0 Å². The second-order valence-electron chi connectivity index (χ2n) is 6.96. The Morgan fingerprint density at radius 1 is 1.35 bits per heavy atom. The Balaban J connectivity index is 1.35. The predicted molar refractivity (Wildman–Crippen MR) is 101 cm³/mol. The molecule has 0 radical (unpaired) electrons.